The lowest BCUT2D eigenvalue weighted by molar-refractivity contribution is 0.217. The predicted molar refractivity (Wildman–Crippen MR) is 61.4 cm³/mol. The molecule has 1 heterocycles. The Morgan fingerprint density at radius 3 is 2.75 bits per heavy atom. The van der Waals surface area contributed by atoms with E-state index in [-0.39, 0.29) is 18.2 Å². The van der Waals surface area contributed by atoms with Gasteiger partial charge in [-0.05, 0) is 11.6 Å². The number of ether oxygens (including phenoxy) is 1. The van der Waals surface area contributed by atoms with Crippen molar-refractivity contribution < 1.29 is 13.2 Å². The summed E-state index contributed by atoms with van der Waals surface area (Å²) < 4.78 is 30.0. The van der Waals surface area contributed by atoms with Crippen molar-refractivity contribution in [3.05, 3.63) is 23.9 Å². The summed E-state index contributed by atoms with van der Waals surface area (Å²) in [5.74, 6) is 0.192. The molecule has 6 nitrogen and oxygen atoms in total. The van der Waals surface area contributed by atoms with E-state index >= 15 is 0 Å². The Kier molecular flexibility index (Phi) is 4.66. The van der Waals surface area contributed by atoms with E-state index in [9.17, 15) is 8.42 Å². The lowest BCUT2D eigenvalue weighted by atomic mass is 10.3. The van der Waals surface area contributed by atoms with Crippen LogP contribution in [0.15, 0.2) is 18.3 Å². The van der Waals surface area contributed by atoms with Crippen molar-refractivity contribution in [1.82, 2.24) is 4.98 Å². The zero-order valence-electron chi connectivity index (χ0n) is 9.01. The Labute approximate surface area is 94.9 Å². The van der Waals surface area contributed by atoms with Crippen molar-refractivity contribution in [2.45, 2.75) is 6.54 Å². The average Bonchev–Trinajstić information content (AvgIpc) is 2.27. The van der Waals surface area contributed by atoms with E-state index in [0.717, 1.165) is 5.56 Å². The van der Waals surface area contributed by atoms with Crippen molar-refractivity contribution in [3.63, 3.8) is 0 Å². The number of nitrogens with two attached hydrogens (primary N) is 1. The molecule has 0 saturated carbocycles. The molecule has 0 atom stereocenters. The third kappa shape index (κ3) is 4.13. The van der Waals surface area contributed by atoms with Crippen molar-refractivity contribution in [2.24, 2.45) is 5.73 Å². The number of anilines is 1. The highest BCUT2D eigenvalue weighted by Crippen LogP contribution is 2.06. The van der Waals surface area contributed by atoms with Gasteiger partial charge in [-0.3, -0.25) is 4.72 Å². The molecule has 3 N–H and O–H groups in total. The fourth-order valence-electron chi connectivity index (χ4n) is 1.01. The van der Waals surface area contributed by atoms with Crippen molar-refractivity contribution >= 4 is 15.8 Å². The molecule has 0 bridgehead atoms. The van der Waals surface area contributed by atoms with Crippen LogP contribution in [0.25, 0.3) is 0 Å². The summed E-state index contributed by atoms with van der Waals surface area (Å²) in [6.07, 6.45) is 1.54. The first-order valence-electron chi connectivity index (χ1n) is 4.72. The lowest BCUT2D eigenvalue weighted by Crippen LogP contribution is -2.20. The molecule has 0 amide bonds. The number of hydrogen-bond acceptors (Lipinski definition) is 5. The van der Waals surface area contributed by atoms with Gasteiger partial charge >= 0.3 is 0 Å². The molecule has 0 unspecified atom stereocenters. The maximum absolute atomic E-state index is 11.5. The maximum Gasteiger partial charge on any atom is 0.236 e. The summed E-state index contributed by atoms with van der Waals surface area (Å²) in [5, 5.41) is 0. The summed E-state index contributed by atoms with van der Waals surface area (Å²) in [5.41, 5.74) is 6.24. The Morgan fingerprint density at radius 2 is 2.25 bits per heavy atom. The van der Waals surface area contributed by atoms with Gasteiger partial charge < -0.3 is 10.5 Å². The summed E-state index contributed by atoms with van der Waals surface area (Å²) in [6, 6.07) is 3.30. The Morgan fingerprint density at radius 1 is 1.50 bits per heavy atom. The van der Waals surface area contributed by atoms with Crippen molar-refractivity contribution in [2.75, 3.05) is 24.2 Å². The fraction of sp³-hybridized carbons (Fsp3) is 0.444. The largest absolute Gasteiger partial charge is 0.384 e. The van der Waals surface area contributed by atoms with Gasteiger partial charge in [0.1, 0.15) is 5.82 Å². The Hall–Kier alpha value is -1.18. The van der Waals surface area contributed by atoms with Crippen LogP contribution in [0.4, 0.5) is 5.82 Å². The smallest absolute Gasteiger partial charge is 0.236 e. The summed E-state index contributed by atoms with van der Waals surface area (Å²) >= 11 is 0. The molecule has 1 rings (SSSR count). The monoisotopic (exact) mass is 245 g/mol. The first-order chi connectivity index (χ1) is 7.57. The second kappa shape index (κ2) is 5.78. The predicted octanol–water partition coefficient (Wildman–Crippen LogP) is -0.0716. The molecule has 0 fully saturated rings. The highest BCUT2D eigenvalue weighted by atomic mass is 32.2. The number of methoxy groups -OCH3 is 1. The van der Waals surface area contributed by atoms with Crippen LogP contribution in [-0.2, 0) is 21.3 Å². The third-order valence-electron chi connectivity index (χ3n) is 1.88. The van der Waals surface area contributed by atoms with Crippen LogP contribution in [0.3, 0.4) is 0 Å². The van der Waals surface area contributed by atoms with Gasteiger partial charge in [-0.1, -0.05) is 6.07 Å². The molecule has 0 aliphatic rings. The molecule has 0 aliphatic heterocycles. The van der Waals surface area contributed by atoms with Gasteiger partial charge in [-0.15, -0.1) is 0 Å². The van der Waals surface area contributed by atoms with E-state index < -0.39 is 10.0 Å². The van der Waals surface area contributed by atoms with Gasteiger partial charge in [0.05, 0.1) is 12.4 Å². The molecule has 0 radical (unpaired) electrons. The van der Waals surface area contributed by atoms with Crippen LogP contribution in [0, 0.1) is 0 Å². The quantitative estimate of drug-likeness (QED) is 0.731. The summed E-state index contributed by atoms with van der Waals surface area (Å²) in [4.78, 5) is 3.93. The van der Waals surface area contributed by atoms with Gasteiger partial charge in [-0.25, -0.2) is 13.4 Å². The van der Waals surface area contributed by atoms with Gasteiger partial charge in [0.25, 0.3) is 0 Å². The highest BCUT2D eigenvalue weighted by Gasteiger charge is 2.10. The van der Waals surface area contributed by atoms with Gasteiger partial charge in [0.2, 0.25) is 10.0 Å². The number of pyridine rings is 1. The fourth-order valence-corrected chi connectivity index (χ4v) is 1.94. The second-order valence-electron chi connectivity index (χ2n) is 3.17. The number of aromatic nitrogens is 1. The number of nitrogens with zero attached hydrogens (tertiary/aromatic N) is 1. The normalized spacial score (nSPS) is 11.4. The van der Waals surface area contributed by atoms with Crippen LogP contribution in [0.5, 0.6) is 0 Å². The van der Waals surface area contributed by atoms with Crippen molar-refractivity contribution in [3.8, 4) is 0 Å². The molecule has 0 aliphatic carbocycles. The third-order valence-corrected chi connectivity index (χ3v) is 3.10. The molecule has 1 aromatic heterocycles. The Balaban J connectivity index is 2.65. The number of rotatable bonds is 6. The van der Waals surface area contributed by atoms with E-state index in [2.05, 4.69) is 9.71 Å². The standard InChI is InChI=1S/C9H15N3O3S/c1-15-4-5-16(13,14)12-9-3-2-8(6-10)7-11-9/h2-3,7H,4-6,10H2,1H3,(H,11,12). The zero-order valence-corrected chi connectivity index (χ0v) is 9.83. The molecule has 1 aromatic rings. The number of hydrogen-bond donors (Lipinski definition) is 2. The highest BCUT2D eigenvalue weighted by molar-refractivity contribution is 7.92. The molecular formula is C9H15N3O3S. The Bertz CT molecular complexity index is 416. The minimum absolute atomic E-state index is 0.0934. The van der Waals surface area contributed by atoms with Crippen LogP contribution in [0.2, 0.25) is 0 Å². The average molecular weight is 245 g/mol. The topological polar surface area (TPSA) is 94.3 Å². The molecular weight excluding hydrogens is 230 g/mol. The minimum atomic E-state index is -3.39. The SMILES string of the molecule is COCCS(=O)(=O)Nc1ccc(CN)cn1. The molecule has 0 saturated heterocycles. The van der Waals surface area contributed by atoms with Crippen LogP contribution in [-0.4, -0.2) is 32.9 Å². The molecule has 0 spiro atoms. The minimum Gasteiger partial charge on any atom is -0.384 e. The second-order valence-corrected chi connectivity index (χ2v) is 5.01. The zero-order chi connectivity index (χ0) is 12.0. The molecule has 16 heavy (non-hydrogen) atoms. The number of nitrogens with one attached hydrogen (secondary N) is 1. The van der Waals surface area contributed by atoms with E-state index in [4.69, 9.17) is 10.5 Å². The van der Waals surface area contributed by atoms with Crippen LogP contribution < -0.4 is 10.5 Å². The van der Waals surface area contributed by atoms with Crippen LogP contribution in [0.1, 0.15) is 5.56 Å². The van der Waals surface area contributed by atoms with Gasteiger partial charge in [0, 0.05) is 19.9 Å². The first kappa shape index (κ1) is 12.9. The van der Waals surface area contributed by atoms with E-state index in [0.29, 0.717) is 6.54 Å². The first-order valence-corrected chi connectivity index (χ1v) is 6.37. The molecule has 90 valence electrons. The van der Waals surface area contributed by atoms with E-state index in [1.165, 1.54) is 13.3 Å². The van der Waals surface area contributed by atoms with Crippen LogP contribution >= 0.6 is 0 Å². The van der Waals surface area contributed by atoms with Gasteiger partial charge in [-0.2, -0.15) is 0 Å². The summed E-state index contributed by atoms with van der Waals surface area (Å²) in [6.45, 7) is 0.528. The van der Waals surface area contributed by atoms with E-state index in [1.807, 2.05) is 0 Å². The van der Waals surface area contributed by atoms with Crippen molar-refractivity contribution in [1.29, 1.82) is 0 Å². The van der Waals surface area contributed by atoms with Gasteiger partial charge in [0.15, 0.2) is 0 Å². The maximum atomic E-state index is 11.5. The van der Waals surface area contributed by atoms with E-state index in [1.54, 1.807) is 12.1 Å². The lowest BCUT2D eigenvalue weighted by Gasteiger charge is -2.06. The number of sulfonamides is 1. The molecule has 7 heteroatoms. The molecule has 0 aromatic carbocycles. The summed E-state index contributed by atoms with van der Waals surface area (Å²) in [7, 11) is -1.94.